The molecule has 2 unspecified atom stereocenters. The molecule has 8 nitrogen and oxygen atoms in total. The van der Waals surface area contributed by atoms with Gasteiger partial charge in [-0.05, 0) is 30.5 Å². The van der Waals surface area contributed by atoms with Crippen molar-refractivity contribution < 1.29 is 33.6 Å². The molecule has 2 aromatic rings. The number of aliphatic hydroxyl groups excluding tert-OH is 1. The minimum absolute atomic E-state index is 0.0799. The van der Waals surface area contributed by atoms with Crippen molar-refractivity contribution in [3.63, 3.8) is 0 Å². The Hall–Kier alpha value is -3.36. The zero-order valence-electron chi connectivity index (χ0n) is 19.1. The van der Waals surface area contributed by atoms with Gasteiger partial charge in [-0.1, -0.05) is 67.1 Å². The van der Waals surface area contributed by atoms with Crippen LogP contribution >= 0.6 is 0 Å². The van der Waals surface area contributed by atoms with Gasteiger partial charge in [-0.25, -0.2) is 4.79 Å². The summed E-state index contributed by atoms with van der Waals surface area (Å²) in [4.78, 5) is 24.5. The summed E-state index contributed by atoms with van der Waals surface area (Å²) < 4.78 is 22.2. The maximum Gasteiger partial charge on any atom is 0.378 e. The third kappa shape index (κ3) is 7.60. The molecule has 0 spiro atoms. The highest BCUT2D eigenvalue weighted by molar-refractivity contribution is 5.89. The zero-order chi connectivity index (χ0) is 24.2. The van der Waals surface area contributed by atoms with Crippen LogP contribution in [0.4, 0.5) is 0 Å². The van der Waals surface area contributed by atoms with Crippen molar-refractivity contribution >= 4 is 11.9 Å². The summed E-state index contributed by atoms with van der Waals surface area (Å²) in [6.07, 6.45) is 0.111. The van der Waals surface area contributed by atoms with Gasteiger partial charge in [-0.3, -0.25) is 4.79 Å². The molecule has 0 saturated carbocycles. The molecule has 1 aliphatic heterocycles. The minimum Gasteiger partial charge on any atom is -0.485 e. The van der Waals surface area contributed by atoms with Crippen LogP contribution in [0.1, 0.15) is 36.8 Å². The molecule has 1 heterocycles. The lowest BCUT2D eigenvalue weighted by atomic mass is 10.1. The van der Waals surface area contributed by atoms with Gasteiger partial charge in [-0.15, -0.1) is 0 Å². The SMILES string of the molecule is NCCCCCC(=O)OCC(O)C1OC(=O)C(OCc2ccccc2)=C1OCc1ccccc1. The number of nitrogens with two attached hydrogens (primary N) is 1. The summed E-state index contributed by atoms with van der Waals surface area (Å²) in [7, 11) is 0. The fourth-order valence-corrected chi connectivity index (χ4v) is 3.38. The van der Waals surface area contributed by atoms with Gasteiger partial charge >= 0.3 is 11.9 Å². The van der Waals surface area contributed by atoms with Crippen LogP contribution in [0.25, 0.3) is 0 Å². The van der Waals surface area contributed by atoms with Crippen LogP contribution in [0.2, 0.25) is 0 Å². The van der Waals surface area contributed by atoms with E-state index in [1.165, 1.54) is 0 Å². The summed E-state index contributed by atoms with van der Waals surface area (Å²) in [6.45, 7) is 0.518. The number of ether oxygens (including phenoxy) is 4. The molecule has 0 amide bonds. The molecule has 2 atom stereocenters. The first-order chi connectivity index (χ1) is 16.6. The van der Waals surface area contributed by atoms with E-state index < -0.39 is 24.1 Å². The third-order valence-electron chi connectivity index (χ3n) is 5.21. The van der Waals surface area contributed by atoms with Gasteiger partial charge in [-0.2, -0.15) is 0 Å². The molecule has 0 saturated heterocycles. The van der Waals surface area contributed by atoms with Gasteiger partial charge in [0.25, 0.3) is 0 Å². The predicted octanol–water partition coefficient (Wildman–Crippen LogP) is 2.98. The molecular formula is C26H31NO7. The van der Waals surface area contributed by atoms with Crippen molar-refractivity contribution in [3.05, 3.63) is 83.3 Å². The van der Waals surface area contributed by atoms with E-state index in [4.69, 9.17) is 24.7 Å². The molecule has 3 rings (SSSR count). The van der Waals surface area contributed by atoms with Crippen molar-refractivity contribution in [2.45, 2.75) is 51.1 Å². The van der Waals surface area contributed by atoms with Crippen molar-refractivity contribution in [2.75, 3.05) is 13.2 Å². The normalized spacial score (nSPS) is 16.2. The van der Waals surface area contributed by atoms with E-state index in [0.717, 1.165) is 24.0 Å². The predicted molar refractivity (Wildman–Crippen MR) is 124 cm³/mol. The van der Waals surface area contributed by atoms with E-state index in [-0.39, 0.29) is 37.8 Å². The van der Waals surface area contributed by atoms with E-state index in [1.807, 2.05) is 60.7 Å². The lowest BCUT2D eigenvalue weighted by molar-refractivity contribution is -0.155. The fraction of sp³-hybridized carbons (Fsp3) is 0.385. The Bertz CT molecular complexity index is 946. The monoisotopic (exact) mass is 469 g/mol. The first-order valence-electron chi connectivity index (χ1n) is 11.4. The molecule has 0 radical (unpaired) electrons. The van der Waals surface area contributed by atoms with E-state index in [0.29, 0.717) is 13.0 Å². The van der Waals surface area contributed by atoms with E-state index in [2.05, 4.69) is 0 Å². The van der Waals surface area contributed by atoms with Gasteiger partial charge in [0.1, 0.15) is 25.9 Å². The van der Waals surface area contributed by atoms with E-state index >= 15 is 0 Å². The Labute approximate surface area is 199 Å². The molecule has 0 aliphatic carbocycles. The van der Waals surface area contributed by atoms with E-state index in [1.54, 1.807) is 0 Å². The Balaban J connectivity index is 1.66. The minimum atomic E-state index is -1.31. The first-order valence-corrected chi connectivity index (χ1v) is 11.4. The second kappa shape index (κ2) is 13.4. The van der Waals surface area contributed by atoms with Crippen molar-refractivity contribution in [1.82, 2.24) is 0 Å². The zero-order valence-corrected chi connectivity index (χ0v) is 19.1. The average molecular weight is 470 g/mol. The number of hydrogen-bond donors (Lipinski definition) is 2. The van der Waals surface area contributed by atoms with Crippen molar-refractivity contribution in [3.8, 4) is 0 Å². The number of unbranched alkanes of at least 4 members (excludes halogenated alkanes) is 2. The number of rotatable bonds is 14. The Morgan fingerprint density at radius 1 is 0.941 bits per heavy atom. The Kier molecular flexibility index (Phi) is 9.94. The molecule has 0 aromatic heterocycles. The highest BCUT2D eigenvalue weighted by Crippen LogP contribution is 2.29. The highest BCUT2D eigenvalue weighted by Gasteiger charge is 2.42. The highest BCUT2D eigenvalue weighted by atomic mass is 16.6. The van der Waals surface area contributed by atoms with Gasteiger partial charge in [0.2, 0.25) is 5.76 Å². The van der Waals surface area contributed by atoms with Gasteiger partial charge in [0, 0.05) is 6.42 Å². The second-order valence-corrected chi connectivity index (χ2v) is 7.92. The molecular weight excluding hydrogens is 438 g/mol. The molecule has 1 aliphatic rings. The number of carbonyl (C=O) groups is 2. The van der Waals surface area contributed by atoms with Crippen LogP contribution in [0.15, 0.2) is 72.2 Å². The average Bonchev–Trinajstić information content (AvgIpc) is 3.19. The summed E-state index contributed by atoms with van der Waals surface area (Å²) in [5, 5.41) is 10.7. The lowest BCUT2D eigenvalue weighted by Gasteiger charge is -2.20. The summed E-state index contributed by atoms with van der Waals surface area (Å²) in [6, 6.07) is 18.7. The number of carbonyl (C=O) groups excluding carboxylic acids is 2. The van der Waals surface area contributed by atoms with Gasteiger partial charge in [0.15, 0.2) is 11.9 Å². The first kappa shape index (κ1) is 25.3. The lowest BCUT2D eigenvalue weighted by Crippen LogP contribution is -2.34. The van der Waals surface area contributed by atoms with Crippen LogP contribution in [0.5, 0.6) is 0 Å². The van der Waals surface area contributed by atoms with E-state index in [9.17, 15) is 14.7 Å². The van der Waals surface area contributed by atoms with Crippen molar-refractivity contribution in [2.24, 2.45) is 5.73 Å². The number of benzene rings is 2. The Morgan fingerprint density at radius 3 is 2.18 bits per heavy atom. The quantitative estimate of drug-likeness (QED) is 0.320. The number of aliphatic hydroxyl groups is 1. The summed E-state index contributed by atoms with van der Waals surface area (Å²) >= 11 is 0. The van der Waals surface area contributed by atoms with Crippen LogP contribution in [0.3, 0.4) is 0 Å². The maximum absolute atomic E-state index is 12.6. The Morgan fingerprint density at radius 2 is 1.56 bits per heavy atom. The number of hydrogen-bond acceptors (Lipinski definition) is 8. The summed E-state index contributed by atoms with van der Waals surface area (Å²) in [5.41, 5.74) is 7.18. The number of cyclic esters (lactones) is 1. The standard InChI is InChI=1S/C26H31NO7/c27-15-9-3-8-14-22(29)31-18-21(28)23-24(32-16-19-10-4-1-5-11-19)25(26(30)34-23)33-17-20-12-6-2-7-13-20/h1-2,4-7,10-13,21,23,28H,3,8-9,14-18,27H2. The van der Waals surface area contributed by atoms with Crippen LogP contribution in [0, 0.1) is 0 Å². The molecule has 2 aromatic carbocycles. The fourth-order valence-electron chi connectivity index (χ4n) is 3.38. The van der Waals surface area contributed by atoms with Gasteiger partial charge < -0.3 is 29.8 Å². The van der Waals surface area contributed by atoms with Crippen LogP contribution in [-0.2, 0) is 41.8 Å². The molecule has 3 N–H and O–H groups in total. The molecule has 0 fully saturated rings. The smallest absolute Gasteiger partial charge is 0.378 e. The largest absolute Gasteiger partial charge is 0.485 e. The maximum atomic E-state index is 12.6. The molecule has 0 bridgehead atoms. The van der Waals surface area contributed by atoms with Crippen molar-refractivity contribution in [1.29, 1.82) is 0 Å². The summed E-state index contributed by atoms with van der Waals surface area (Å²) in [5.74, 6) is -1.19. The number of esters is 2. The van der Waals surface area contributed by atoms with Crippen LogP contribution in [-0.4, -0.2) is 42.4 Å². The molecule has 182 valence electrons. The molecule has 34 heavy (non-hydrogen) atoms. The van der Waals surface area contributed by atoms with Gasteiger partial charge in [0.05, 0.1) is 0 Å². The third-order valence-corrected chi connectivity index (χ3v) is 5.21. The van der Waals surface area contributed by atoms with Crippen LogP contribution < -0.4 is 5.73 Å². The second-order valence-electron chi connectivity index (χ2n) is 7.92. The topological polar surface area (TPSA) is 117 Å². The molecule has 8 heteroatoms.